The second-order valence-corrected chi connectivity index (χ2v) is 11.9. The van der Waals surface area contributed by atoms with E-state index in [1.807, 2.05) is 6.92 Å². The maximum atomic E-state index is 13.4. The molecule has 0 saturated carbocycles. The number of phenolic OH excluding ortho intramolecular Hbond substituents is 2. The average molecular weight is 580 g/mol. The summed E-state index contributed by atoms with van der Waals surface area (Å²) in [5, 5.41) is 44.6. The zero-order valence-corrected chi connectivity index (χ0v) is 23.2. The summed E-state index contributed by atoms with van der Waals surface area (Å²) in [4.78, 5) is 51.1. The molecule has 12 heteroatoms. The molecule has 42 heavy (non-hydrogen) atoms. The largest absolute Gasteiger partial charge is 0.507 e. The molecule has 2 aliphatic carbocycles. The molecule has 1 unspecified atom stereocenters. The number of hydrogen-bond acceptors (Lipinski definition) is 10. The lowest BCUT2D eigenvalue weighted by Gasteiger charge is -2.49. The van der Waals surface area contributed by atoms with Crippen LogP contribution in [-0.4, -0.2) is 63.1 Å². The van der Waals surface area contributed by atoms with Gasteiger partial charge >= 0.3 is 17.9 Å². The highest BCUT2D eigenvalue weighted by molar-refractivity contribution is 6.12. The molecule has 2 aromatic carbocycles. The number of aliphatic hydroxyl groups is 1. The van der Waals surface area contributed by atoms with E-state index in [1.54, 1.807) is 0 Å². The van der Waals surface area contributed by atoms with E-state index >= 15 is 0 Å². The maximum absolute atomic E-state index is 13.4. The molecule has 220 valence electrons. The predicted molar refractivity (Wildman–Crippen MR) is 144 cm³/mol. The highest BCUT2D eigenvalue weighted by Gasteiger charge is 2.66. The van der Waals surface area contributed by atoms with Crippen LogP contribution >= 0.6 is 0 Å². The van der Waals surface area contributed by atoms with Gasteiger partial charge in [0.15, 0.2) is 6.10 Å². The van der Waals surface area contributed by atoms with Gasteiger partial charge in [0, 0.05) is 34.1 Å². The van der Waals surface area contributed by atoms with E-state index in [2.05, 4.69) is 19.9 Å². The van der Waals surface area contributed by atoms with E-state index in [0.29, 0.717) is 28.3 Å². The lowest BCUT2D eigenvalue weighted by atomic mass is 9.54. The molecule has 4 aliphatic rings. The zero-order chi connectivity index (χ0) is 30.7. The summed E-state index contributed by atoms with van der Waals surface area (Å²) in [5.74, 6) is -6.40. The first-order valence-electron chi connectivity index (χ1n) is 13.3. The lowest BCUT2D eigenvalue weighted by Crippen LogP contribution is -2.61. The third-order valence-corrected chi connectivity index (χ3v) is 9.72. The van der Waals surface area contributed by atoms with Crippen molar-refractivity contribution in [3.05, 3.63) is 51.6 Å². The summed E-state index contributed by atoms with van der Waals surface area (Å²) in [6, 6.07) is 1.37. The first kappa shape index (κ1) is 27.6. The number of carboxylic acid groups (broad SMARTS) is 1. The van der Waals surface area contributed by atoms with Gasteiger partial charge in [0.1, 0.15) is 28.9 Å². The normalized spacial score (nSPS) is 29.1. The molecule has 0 aromatic heterocycles. The molecule has 0 radical (unpaired) electrons. The van der Waals surface area contributed by atoms with Crippen molar-refractivity contribution >= 4 is 34.6 Å². The number of allylic oxidation sites excluding steroid dienone is 2. The van der Waals surface area contributed by atoms with Crippen LogP contribution in [0.4, 0.5) is 0 Å². The Hall–Kier alpha value is -4.58. The number of carbonyl (C=O) groups excluding carboxylic acids is 3. The van der Waals surface area contributed by atoms with Crippen LogP contribution in [0.3, 0.4) is 0 Å². The van der Waals surface area contributed by atoms with E-state index in [-0.39, 0.29) is 23.1 Å². The van der Waals surface area contributed by atoms with Gasteiger partial charge in [-0.3, -0.25) is 4.79 Å². The van der Waals surface area contributed by atoms with Crippen LogP contribution in [-0.2, 0) is 35.7 Å². The number of aromatic hydroxyl groups is 2. The number of primary amides is 1. The van der Waals surface area contributed by atoms with Crippen LogP contribution < -0.4 is 10.5 Å². The molecule has 0 bridgehead atoms. The highest BCUT2D eigenvalue weighted by Crippen LogP contribution is 2.66. The minimum Gasteiger partial charge on any atom is -0.507 e. The minimum atomic E-state index is -3.03. The Morgan fingerprint density at radius 1 is 1.17 bits per heavy atom. The Balaban J connectivity index is 1.76. The standard InChI is InChI=1S/C30H29NO11/c1-11-6-5-7-28(2,3)29(11)10-13-17-19(14(32)9-15(40-4)21(17)29)22(34)20-18(13)24(41-26(20)37)30(27(38)39)23(35)12(25(31)36)8-16(33)42-30/h6,8-9,23-24,32,34-35H,5,7,10H2,1-4H3,(H2,31,36)(H,38,39)/t23?,24-,29+,30-/m0/s1. The second kappa shape index (κ2) is 8.48. The lowest BCUT2D eigenvalue weighted by molar-refractivity contribution is -0.208. The molecule has 6 rings (SSSR count). The number of fused-ring (bicyclic) bond motifs is 3. The quantitative estimate of drug-likeness (QED) is 0.262. The van der Waals surface area contributed by atoms with Crippen molar-refractivity contribution in [2.24, 2.45) is 11.1 Å². The van der Waals surface area contributed by atoms with Crippen LogP contribution in [0.2, 0.25) is 0 Å². The van der Waals surface area contributed by atoms with Crippen LogP contribution in [0.5, 0.6) is 17.2 Å². The maximum Gasteiger partial charge on any atom is 0.355 e. The van der Waals surface area contributed by atoms with E-state index in [1.165, 1.54) is 13.2 Å². The van der Waals surface area contributed by atoms with E-state index in [9.17, 15) is 39.6 Å². The van der Waals surface area contributed by atoms with Crippen LogP contribution in [0, 0.1) is 5.41 Å². The Bertz CT molecular complexity index is 1730. The first-order chi connectivity index (χ1) is 19.7. The number of cyclic esters (lactones) is 2. The SMILES string of the molecule is COc1cc(O)c2c(O)c3c(c4c2c1[C@@]1(C4)C(C)=CCCC1(C)C)[C@@H]([C@@]1(C(=O)O)OC(=O)C=C(C(N)=O)C1O)OC3=O. The molecule has 6 N–H and O–H groups in total. The summed E-state index contributed by atoms with van der Waals surface area (Å²) in [7, 11) is 1.44. The highest BCUT2D eigenvalue weighted by atomic mass is 16.6. The van der Waals surface area contributed by atoms with Crippen LogP contribution in [0.15, 0.2) is 29.4 Å². The van der Waals surface area contributed by atoms with Gasteiger partial charge < -0.3 is 40.4 Å². The van der Waals surface area contributed by atoms with Gasteiger partial charge in [-0.25, -0.2) is 14.4 Å². The molecule has 2 aromatic rings. The number of nitrogens with two attached hydrogens (primary N) is 1. The molecule has 2 aliphatic heterocycles. The molecule has 1 spiro atoms. The monoisotopic (exact) mass is 579 g/mol. The van der Waals surface area contributed by atoms with Gasteiger partial charge in [-0.1, -0.05) is 25.5 Å². The van der Waals surface area contributed by atoms with Crippen molar-refractivity contribution in [3.63, 3.8) is 0 Å². The van der Waals surface area contributed by atoms with Crippen molar-refractivity contribution in [2.45, 2.75) is 63.3 Å². The van der Waals surface area contributed by atoms with E-state index in [0.717, 1.165) is 18.4 Å². The van der Waals surface area contributed by atoms with Gasteiger partial charge in [-0.15, -0.1) is 0 Å². The average Bonchev–Trinajstić information content (AvgIpc) is 3.44. The summed E-state index contributed by atoms with van der Waals surface area (Å²) >= 11 is 0. The number of aliphatic hydroxyl groups excluding tert-OH is 1. The van der Waals surface area contributed by atoms with E-state index in [4.69, 9.17) is 19.9 Å². The minimum absolute atomic E-state index is 0.0496. The number of hydrogen-bond donors (Lipinski definition) is 5. The number of rotatable bonds is 4. The van der Waals surface area contributed by atoms with Crippen molar-refractivity contribution in [3.8, 4) is 17.2 Å². The third-order valence-electron chi connectivity index (χ3n) is 9.72. The smallest absolute Gasteiger partial charge is 0.355 e. The number of phenols is 2. The Labute approximate surface area is 239 Å². The number of carboxylic acids is 1. The van der Waals surface area contributed by atoms with Crippen LogP contribution in [0.1, 0.15) is 66.8 Å². The van der Waals surface area contributed by atoms with Crippen molar-refractivity contribution in [1.82, 2.24) is 0 Å². The molecule has 0 fully saturated rings. The third kappa shape index (κ3) is 3.04. The second-order valence-electron chi connectivity index (χ2n) is 11.9. The molecular weight excluding hydrogens is 550 g/mol. The summed E-state index contributed by atoms with van der Waals surface area (Å²) in [5.41, 5.74) is 1.70. The fraction of sp³-hybridized carbons (Fsp3) is 0.400. The topological polar surface area (TPSA) is 203 Å². The number of esters is 2. The zero-order valence-electron chi connectivity index (χ0n) is 23.2. The number of aliphatic carboxylic acids is 1. The van der Waals surface area contributed by atoms with Gasteiger partial charge in [0.25, 0.3) is 5.60 Å². The number of ether oxygens (including phenoxy) is 3. The number of amides is 1. The summed E-state index contributed by atoms with van der Waals surface area (Å²) in [6.45, 7) is 6.10. The molecule has 0 saturated heterocycles. The summed E-state index contributed by atoms with van der Waals surface area (Å²) < 4.78 is 16.5. The fourth-order valence-corrected chi connectivity index (χ4v) is 7.72. The Kier molecular flexibility index (Phi) is 5.57. The molecular formula is C30H29NO11. The Morgan fingerprint density at radius 2 is 1.86 bits per heavy atom. The molecule has 12 nitrogen and oxygen atoms in total. The molecule has 2 heterocycles. The van der Waals surface area contributed by atoms with Gasteiger partial charge in [-0.2, -0.15) is 0 Å². The van der Waals surface area contributed by atoms with Gasteiger partial charge in [0.05, 0.1) is 18.1 Å². The first-order valence-corrected chi connectivity index (χ1v) is 13.3. The van der Waals surface area contributed by atoms with Gasteiger partial charge in [0.2, 0.25) is 5.91 Å². The molecule has 1 amide bonds. The predicted octanol–water partition coefficient (Wildman–Crippen LogP) is 2.18. The van der Waals surface area contributed by atoms with Crippen molar-refractivity contribution in [1.29, 1.82) is 0 Å². The van der Waals surface area contributed by atoms with Gasteiger partial charge in [-0.05, 0) is 37.2 Å². The van der Waals surface area contributed by atoms with Crippen molar-refractivity contribution in [2.75, 3.05) is 7.11 Å². The number of carbonyl (C=O) groups is 4. The number of benzene rings is 2. The molecule has 4 atom stereocenters. The van der Waals surface area contributed by atoms with Crippen molar-refractivity contribution < 1.29 is 53.8 Å². The van der Waals surface area contributed by atoms with Crippen LogP contribution in [0.25, 0.3) is 10.8 Å². The fourth-order valence-electron chi connectivity index (χ4n) is 7.72. The van der Waals surface area contributed by atoms with E-state index < -0.39 is 69.3 Å². The Morgan fingerprint density at radius 3 is 2.45 bits per heavy atom. The summed E-state index contributed by atoms with van der Waals surface area (Å²) in [6.07, 6.45) is 0.0421. The number of methoxy groups -OCH3 is 1.